The van der Waals surface area contributed by atoms with E-state index in [2.05, 4.69) is 4.98 Å². The molecular weight excluding hydrogens is 382 g/mol. The van der Waals surface area contributed by atoms with Gasteiger partial charge in [-0.15, -0.1) is 0 Å². The van der Waals surface area contributed by atoms with Crippen molar-refractivity contribution in [1.82, 2.24) is 4.98 Å². The van der Waals surface area contributed by atoms with Gasteiger partial charge in [-0.2, -0.15) is 0 Å². The molecule has 0 amide bonds. The summed E-state index contributed by atoms with van der Waals surface area (Å²) in [6.07, 6.45) is 0. The first-order valence-electron chi connectivity index (χ1n) is 9.43. The Labute approximate surface area is 171 Å². The van der Waals surface area contributed by atoms with Crippen LogP contribution < -0.4 is 4.74 Å². The lowest BCUT2D eigenvalue weighted by Crippen LogP contribution is -2.16. The number of nitrogens with one attached hydrogen (secondary N) is 1. The average molecular weight is 406 g/mol. The third-order valence-electron chi connectivity index (χ3n) is 5.26. The van der Waals surface area contributed by atoms with E-state index in [0.29, 0.717) is 16.2 Å². The van der Waals surface area contributed by atoms with Crippen LogP contribution in [0.4, 0.5) is 0 Å². The fourth-order valence-electron chi connectivity index (χ4n) is 3.81. The zero-order valence-corrected chi connectivity index (χ0v) is 17.5. The van der Waals surface area contributed by atoms with Crippen molar-refractivity contribution in [3.8, 4) is 5.75 Å². The first-order valence-corrected chi connectivity index (χ1v) is 11.0. The van der Waals surface area contributed by atoms with E-state index in [4.69, 9.17) is 4.74 Å². The highest BCUT2D eigenvalue weighted by Crippen LogP contribution is 2.41. The van der Waals surface area contributed by atoms with Gasteiger partial charge >= 0.3 is 0 Å². The lowest BCUT2D eigenvalue weighted by atomic mass is 10.0. The van der Waals surface area contributed by atoms with Gasteiger partial charge in [0, 0.05) is 22.2 Å². The molecule has 3 aromatic carbocycles. The van der Waals surface area contributed by atoms with Gasteiger partial charge in [-0.05, 0) is 49.7 Å². The number of aromatic nitrogens is 1. The monoisotopic (exact) mass is 405 g/mol. The van der Waals surface area contributed by atoms with E-state index in [1.807, 2.05) is 68.4 Å². The normalized spacial score (nSPS) is 12.8. The molecule has 0 aliphatic heterocycles. The Morgan fingerprint density at radius 1 is 0.897 bits per heavy atom. The highest BCUT2D eigenvalue weighted by atomic mass is 32.2. The highest BCUT2D eigenvalue weighted by Gasteiger charge is 2.34. The van der Waals surface area contributed by atoms with E-state index >= 15 is 0 Å². The lowest BCUT2D eigenvalue weighted by molar-refractivity contribution is 0.414. The second-order valence-electron chi connectivity index (χ2n) is 7.22. The number of para-hydroxylation sites is 1. The summed E-state index contributed by atoms with van der Waals surface area (Å²) in [7, 11) is -2.13. The van der Waals surface area contributed by atoms with Gasteiger partial charge in [0.1, 0.15) is 11.0 Å². The Bertz CT molecular complexity index is 1270. The minimum absolute atomic E-state index is 0.306. The minimum atomic E-state index is -3.71. The van der Waals surface area contributed by atoms with Crippen molar-refractivity contribution in [2.75, 3.05) is 7.11 Å². The quantitative estimate of drug-likeness (QED) is 0.486. The van der Waals surface area contributed by atoms with Crippen molar-refractivity contribution >= 4 is 20.7 Å². The molecule has 0 spiro atoms. The molecule has 1 N–H and O–H groups in total. The van der Waals surface area contributed by atoms with E-state index in [9.17, 15) is 8.42 Å². The maximum atomic E-state index is 13.9. The second kappa shape index (κ2) is 7.41. The number of aryl methyl sites for hydroxylation is 2. The molecule has 0 fully saturated rings. The first-order chi connectivity index (χ1) is 13.9. The summed E-state index contributed by atoms with van der Waals surface area (Å²) in [5, 5.41) is 0.0602. The van der Waals surface area contributed by atoms with Crippen LogP contribution in [0.15, 0.2) is 77.7 Å². The molecule has 1 aromatic heterocycles. The van der Waals surface area contributed by atoms with Crippen LogP contribution >= 0.6 is 0 Å². The number of fused-ring (bicyclic) bond motifs is 1. The lowest BCUT2D eigenvalue weighted by Gasteiger charge is -2.20. The largest absolute Gasteiger partial charge is 0.497 e. The number of H-pyrrole nitrogens is 1. The van der Waals surface area contributed by atoms with Crippen LogP contribution in [0, 0.1) is 13.8 Å². The maximum Gasteiger partial charge on any atom is 0.189 e. The smallest absolute Gasteiger partial charge is 0.189 e. The Balaban J connectivity index is 2.02. The summed E-state index contributed by atoms with van der Waals surface area (Å²) in [4.78, 5) is 3.65. The Kier molecular flexibility index (Phi) is 4.92. The minimum Gasteiger partial charge on any atom is -0.497 e. The van der Waals surface area contributed by atoms with Crippen molar-refractivity contribution in [3.63, 3.8) is 0 Å². The number of ether oxygens (including phenoxy) is 1. The molecule has 0 aliphatic rings. The van der Waals surface area contributed by atoms with Crippen molar-refractivity contribution in [1.29, 1.82) is 0 Å². The zero-order chi connectivity index (χ0) is 20.6. The molecule has 4 nitrogen and oxygen atoms in total. The summed E-state index contributed by atoms with van der Waals surface area (Å²) >= 11 is 0. The molecule has 29 heavy (non-hydrogen) atoms. The molecule has 1 heterocycles. The number of rotatable bonds is 5. The van der Waals surface area contributed by atoms with Gasteiger partial charge in [-0.25, -0.2) is 8.42 Å². The molecule has 0 bridgehead atoms. The van der Waals surface area contributed by atoms with E-state index in [1.165, 1.54) is 0 Å². The fraction of sp³-hybridized carbons (Fsp3) is 0.167. The molecule has 148 valence electrons. The summed E-state index contributed by atoms with van der Waals surface area (Å²) in [5.74, 6) is 0.629. The molecular formula is C24H23NO3S. The van der Waals surface area contributed by atoms with E-state index in [-0.39, 0.29) is 0 Å². The number of hydrogen-bond acceptors (Lipinski definition) is 3. The molecule has 0 aliphatic carbocycles. The maximum absolute atomic E-state index is 13.9. The number of hydrogen-bond donors (Lipinski definition) is 1. The molecule has 5 heteroatoms. The van der Waals surface area contributed by atoms with E-state index < -0.39 is 15.1 Å². The predicted octanol–water partition coefficient (Wildman–Crippen LogP) is 5.36. The van der Waals surface area contributed by atoms with Gasteiger partial charge in [-0.1, -0.05) is 48.0 Å². The first kappa shape index (κ1) is 19.3. The van der Waals surface area contributed by atoms with Crippen molar-refractivity contribution in [3.05, 3.63) is 95.2 Å². The standard InChI is InChI=1S/C24H23NO3S/c1-16-11-13-20(14-12-16)29(26,27)24(18-7-6-8-19(15-18)28-3)23-17(2)25-22-10-5-4-9-21(22)23/h4-15,24-25H,1-3H3. The number of sulfone groups is 1. The highest BCUT2D eigenvalue weighted by molar-refractivity contribution is 7.92. The summed E-state index contributed by atoms with van der Waals surface area (Å²) < 4.78 is 33.1. The Morgan fingerprint density at radius 3 is 2.34 bits per heavy atom. The van der Waals surface area contributed by atoms with Gasteiger partial charge in [-0.3, -0.25) is 0 Å². The molecule has 0 saturated carbocycles. The molecule has 0 radical (unpaired) electrons. The molecule has 4 aromatic rings. The van der Waals surface area contributed by atoms with Crippen molar-refractivity contribution < 1.29 is 13.2 Å². The molecule has 1 unspecified atom stereocenters. The summed E-state index contributed by atoms with van der Waals surface area (Å²) in [6, 6.07) is 22.1. The molecule has 4 rings (SSSR count). The van der Waals surface area contributed by atoms with Gasteiger partial charge in [0.15, 0.2) is 9.84 Å². The number of aromatic amines is 1. The molecule has 0 saturated heterocycles. The number of benzene rings is 3. The van der Waals surface area contributed by atoms with Gasteiger partial charge < -0.3 is 9.72 Å². The van der Waals surface area contributed by atoms with Crippen molar-refractivity contribution in [2.24, 2.45) is 0 Å². The third kappa shape index (κ3) is 3.42. The predicted molar refractivity (Wildman–Crippen MR) is 116 cm³/mol. The van der Waals surface area contributed by atoms with Crippen LogP contribution in [0.3, 0.4) is 0 Å². The average Bonchev–Trinajstić information content (AvgIpc) is 3.04. The van der Waals surface area contributed by atoms with E-state index in [0.717, 1.165) is 27.7 Å². The van der Waals surface area contributed by atoms with Gasteiger partial charge in [0.25, 0.3) is 0 Å². The summed E-state index contributed by atoms with van der Waals surface area (Å²) in [6.45, 7) is 3.87. The van der Waals surface area contributed by atoms with Crippen LogP contribution in [0.5, 0.6) is 5.75 Å². The SMILES string of the molecule is COc1cccc(C(c2c(C)[nH]c3ccccc23)S(=O)(=O)c2ccc(C)cc2)c1. The van der Waals surface area contributed by atoms with Crippen LogP contribution in [0.25, 0.3) is 10.9 Å². The van der Waals surface area contributed by atoms with Crippen LogP contribution in [-0.2, 0) is 9.84 Å². The van der Waals surface area contributed by atoms with Gasteiger partial charge in [0.05, 0.1) is 12.0 Å². The Hall–Kier alpha value is -3.05. The van der Waals surface area contributed by atoms with Crippen LogP contribution in [-0.4, -0.2) is 20.5 Å². The second-order valence-corrected chi connectivity index (χ2v) is 9.26. The van der Waals surface area contributed by atoms with Crippen LogP contribution in [0.1, 0.15) is 27.6 Å². The van der Waals surface area contributed by atoms with E-state index in [1.54, 1.807) is 25.3 Å². The summed E-state index contributed by atoms with van der Waals surface area (Å²) in [5.41, 5.74) is 4.24. The van der Waals surface area contributed by atoms with Crippen molar-refractivity contribution in [2.45, 2.75) is 24.0 Å². The molecule has 1 atom stereocenters. The third-order valence-corrected chi connectivity index (χ3v) is 7.32. The Morgan fingerprint density at radius 2 is 1.62 bits per heavy atom. The fourth-order valence-corrected chi connectivity index (χ4v) is 5.71. The topological polar surface area (TPSA) is 59.2 Å². The van der Waals surface area contributed by atoms with Crippen LogP contribution in [0.2, 0.25) is 0 Å². The zero-order valence-electron chi connectivity index (χ0n) is 16.6. The van der Waals surface area contributed by atoms with Gasteiger partial charge in [0.2, 0.25) is 0 Å². The number of methoxy groups -OCH3 is 1.